The summed E-state index contributed by atoms with van der Waals surface area (Å²) in [7, 11) is 0. The molecule has 0 saturated carbocycles. The van der Waals surface area contributed by atoms with E-state index in [0.29, 0.717) is 5.92 Å². The highest BCUT2D eigenvalue weighted by Gasteiger charge is 2.26. The summed E-state index contributed by atoms with van der Waals surface area (Å²) in [4.78, 5) is 19.5. The van der Waals surface area contributed by atoms with Gasteiger partial charge in [0.15, 0.2) is 0 Å². The van der Waals surface area contributed by atoms with E-state index in [-0.39, 0.29) is 5.91 Å². The Bertz CT molecular complexity index is 768. The minimum absolute atomic E-state index is 0.170. The molecule has 4 rings (SSSR count). The van der Waals surface area contributed by atoms with Gasteiger partial charge in [-0.15, -0.1) is 0 Å². The zero-order valence-corrected chi connectivity index (χ0v) is 16.9. The van der Waals surface area contributed by atoms with E-state index >= 15 is 0 Å². The van der Waals surface area contributed by atoms with Crippen LogP contribution in [0.4, 0.5) is 0 Å². The molecule has 1 aromatic carbocycles. The summed E-state index contributed by atoms with van der Waals surface area (Å²) in [5.41, 5.74) is 2.16. The van der Waals surface area contributed by atoms with Crippen molar-refractivity contribution in [1.82, 2.24) is 19.8 Å². The molecular weight excluding hydrogens is 348 g/mol. The van der Waals surface area contributed by atoms with Crippen molar-refractivity contribution < 1.29 is 4.79 Å². The molecule has 0 bridgehead atoms. The van der Waals surface area contributed by atoms with Crippen LogP contribution in [0.15, 0.2) is 36.7 Å². The van der Waals surface area contributed by atoms with E-state index in [1.54, 1.807) is 0 Å². The van der Waals surface area contributed by atoms with Crippen molar-refractivity contribution in [2.24, 2.45) is 5.92 Å². The van der Waals surface area contributed by atoms with Crippen LogP contribution < -0.4 is 5.32 Å². The summed E-state index contributed by atoms with van der Waals surface area (Å²) in [6.07, 6.45) is 9.62. The fourth-order valence-electron chi connectivity index (χ4n) is 4.69. The quantitative estimate of drug-likeness (QED) is 0.864. The van der Waals surface area contributed by atoms with Crippen LogP contribution in [0.1, 0.15) is 60.3 Å². The van der Waals surface area contributed by atoms with E-state index in [4.69, 9.17) is 0 Å². The number of aromatic nitrogens is 2. The van der Waals surface area contributed by atoms with Gasteiger partial charge in [0.1, 0.15) is 5.82 Å². The van der Waals surface area contributed by atoms with Crippen LogP contribution in [-0.2, 0) is 13.0 Å². The molecule has 1 amide bonds. The van der Waals surface area contributed by atoms with Gasteiger partial charge < -0.3 is 14.8 Å². The Hall–Kier alpha value is -2.14. The fourth-order valence-corrected chi connectivity index (χ4v) is 4.69. The molecule has 0 spiro atoms. The smallest absolute Gasteiger partial charge is 0.253 e. The Morgan fingerprint density at radius 1 is 1.18 bits per heavy atom. The molecule has 2 aliphatic heterocycles. The Kier molecular flexibility index (Phi) is 6.10. The third-order valence-corrected chi connectivity index (χ3v) is 6.36. The minimum atomic E-state index is 0.170. The Labute approximate surface area is 168 Å². The second kappa shape index (κ2) is 8.91. The van der Waals surface area contributed by atoms with Crippen LogP contribution in [0.3, 0.4) is 0 Å². The number of likely N-dealkylation sites (tertiary alicyclic amines) is 1. The molecule has 1 N–H and O–H groups in total. The molecular formula is C23H32N4O. The van der Waals surface area contributed by atoms with Crippen molar-refractivity contribution in [2.75, 3.05) is 26.2 Å². The summed E-state index contributed by atoms with van der Waals surface area (Å²) in [6.45, 7) is 7.01. The first-order valence-electron chi connectivity index (χ1n) is 10.8. The van der Waals surface area contributed by atoms with Gasteiger partial charge in [0.2, 0.25) is 0 Å². The minimum Gasteiger partial charge on any atom is -0.339 e. The van der Waals surface area contributed by atoms with Crippen molar-refractivity contribution in [3.05, 3.63) is 53.6 Å². The summed E-state index contributed by atoms with van der Waals surface area (Å²) in [5, 5.41) is 3.48. The van der Waals surface area contributed by atoms with E-state index in [0.717, 1.165) is 63.5 Å². The van der Waals surface area contributed by atoms with Gasteiger partial charge in [-0.2, -0.15) is 0 Å². The summed E-state index contributed by atoms with van der Waals surface area (Å²) in [5.74, 6) is 2.54. The molecule has 0 aliphatic carbocycles. The number of hydrogen-bond acceptors (Lipinski definition) is 3. The van der Waals surface area contributed by atoms with Gasteiger partial charge in [-0.3, -0.25) is 4.79 Å². The summed E-state index contributed by atoms with van der Waals surface area (Å²) < 4.78 is 2.22. The zero-order chi connectivity index (χ0) is 19.3. The van der Waals surface area contributed by atoms with Crippen molar-refractivity contribution in [3.8, 4) is 0 Å². The van der Waals surface area contributed by atoms with Gasteiger partial charge in [0.05, 0.1) is 0 Å². The van der Waals surface area contributed by atoms with Crippen LogP contribution in [0.5, 0.6) is 0 Å². The number of carbonyl (C=O) groups excluding carboxylic acids is 1. The first kappa shape index (κ1) is 19.2. The van der Waals surface area contributed by atoms with Crippen molar-refractivity contribution >= 4 is 5.91 Å². The predicted octanol–water partition coefficient (Wildman–Crippen LogP) is 3.46. The Morgan fingerprint density at radius 3 is 2.64 bits per heavy atom. The van der Waals surface area contributed by atoms with Crippen LogP contribution in [0.25, 0.3) is 0 Å². The molecule has 1 unspecified atom stereocenters. The standard InChI is InChI=1S/C23H32N4O/c1-2-26-15-12-25-22(26)20-9-13-27(14-10-20)23(28)21-7-5-18(6-8-21)16-19-4-3-11-24-17-19/h5-8,12,15,19-20,24H,2-4,9-11,13-14,16-17H2,1H3. The average molecular weight is 381 g/mol. The molecule has 0 radical (unpaired) electrons. The van der Waals surface area contributed by atoms with Gasteiger partial charge in [-0.25, -0.2) is 4.98 Å². The predicted molar refractivity (Wildman–Crippen MR) is 112 cm³/mol. The lowest BCUT2D eigenvalue weighted by Gasteiger charge is -2.32. The Balaban J connectivity index is 1.32. The van der Waals surface area contributed by atoms with Gasteiger partial charge in [-0.1, -0.05) is 12.1 Å². The van der Waals surface area contributed by atoms with E-state index in [1.807, 2.05) is 23.2 Å². The normalized spacial score (nSPS) is 21.0. The average Bonchev–Trinajstić information content (AvgIpc) is 3.24. The zero-order valence-electron chi connectivity index (χ0n) is 16.9. The number of amides is 1. The largest absolute Gasteiger partial charge is 0.339 e. The fraction of sp³-hybridized carbons (Fsp3) is 0.565. The second-order valence-electron chi connectivity index (χ2n) is 8.25. The monoisotopic (exact) mass is 380 g/mol. The molecule has 2 saturated heterocycles. The Morgan fingerprint density at radius 2 is 1.96 bits per heavy atom. The number of imidazole rings is 1. The molecule has 5 heteroatoms. The number of carbonyl (C=O) groups is 1. The molecule has 2 aromatic rings. The van der Waals surface area contributed by atoms with Crippen LogP contribution in [0, 0.1) is 5.92 Å². The number of piperidine rings is 2. The number of benzene rings is 1. The highest BCUT2D eigenvalue weighted by Crippen LogP contribution is 2.28. The van der Waals surface area contributed by atoms with Crippen molar-refractivity contribution in [1.29, 1.82) is 0 Å². The van der Waals surface area contributed by atoms with Crippen LogP contribution in [-0.4, -0.2) is 46.5 Å². The number of nitrogens with one attached hydrogen (secondary N) is 1. The molecule has 150 valence electrons. The number of hydrogen-bond donors (Lipinski definition) is 1. The third kappa shape index (κ3) is 4.30. The molecule has 28 heavy (non-hydrogen) atoms. The first-order valence-corrected chi connectivity index (χ1v) is 10.8. The molecule has 5 nitrogen and oxygen atoms in total. The van der Waals surface area contributed by atoms with Gasteiger partial charge >= 0.3 is 0 Å². The van der Waals surface area contributed by atoms with Gasteiger partial charge in [-0.05, 0) is 75.7 Å². The third-order valence-electron chi connectivity index (χ3n) is 6.36. The number of aryl methyl sites for hydroxylation is 1. The molecule has 1 aromatic heterocycles. The maximum absolute atomic E-state index is 12.9. The first-order chi connectivity index (χ1) is 13.7. The summed E-state index contributed by atoms with van der Waals surface area (Å²) >= 11 is 0. The van der Waals surface area contributed by atoms with E-state index in [2.05, 4.69) is 40.1 Å². The maximum atomic E-state index is 12.9. The summed E-state index contributed by atoms with van der Waals surface area (Å²) in [6, 6.07) is 8.33. The highest BCUT2D eigenvalue weighted by molar-refractivity contribution is 5.94. The topological polar surface area (TPSA) is 50.2 Å². The van der Waals surface area contributed by atoms with Gasteiger partial charge in [0, 0.05) is 43.5 Å². The lowest BCUT2D eigenvalue weighted by atomic mass is 9.92. The highest BCUT2D eigenvalue weighted by atomic mass is 16.2. The lowest BCUT2D eigenvalue weighted by Crippen LogP contribution is -2.38. The number of rotatable bonds is 5. The van der Waals surface area contributed by atoms with Crippen molar-refractivity contribution in [3.63, 3.8) is 0 Å². The maximum Gasteiger partial charge on any atom is 0.253 e. The molecule has 2 aliphatic rings. The second-order valence-corrected chi connectivity index (χ2v) is 8.25. The van der Waals surface area contributed by atoms with Gasteiger partial charge in [0.25, 0.3) is 5.91 Å². The SMILES string of the molecule is CCn1ccnc1C1CCN(C(=O)c2ccc(CC3CCCNC3)cc2)CC1. The van der Waals surface area contributed by atoms with E-state index < -0.39 is 0 Å². The van der Waals surface area contributed by atoms with Crippen LogP contribution in [0.2, 0.25) is 0 Å². The lowest BCUT2D eigenvalue weighted by molar-refractivity contribution is 0.0710. The number of nitrogens with zero attached hydrogens (tertiary/aromatic N) is 3. The van der Waals surface area contributed by atoms with E-state index in [1.165, 1.54) is 24.2 Å². The molecule has 2 fully saturated rings. The molecule has 1 atom stereocenters. The van der Waals surface area contributed by atoms with Crippen molar-refractivity contribution in [2.45, 2.75) is 51.5 Å². The van der Waals surface area contributed by atoms with E-state index in [9.17, 15) is 4.79 Å². The van der Waals surface area contributed by atoms with Crippen LogP contribution >= 0.6 is 0 Å². The molecule has 3 heterocycles.